The Morgan fingerprint density at radius 2 is 1.98 bits per heavy atom. The summed E-state index contributed by atoms with van der Waals surface area (Å²) in [5, 5.41) is 20.1. The van der Waals surface area contributed by atoms with E-state index in [0.29, 0.717) is 60.7 Å². The van der Waals surface area contributed by atoms with E-state index in [1.54, 1.807) is 19.2 Å². The number of urea groups is 1. The first-order valence-electron chi connectivity index (χ1n) is 18.2. The highest BCUT2D eigenvalue weighted by Crippen LogP contribution is 2.44. The average molecular weight is 709 g/mol. The first-order valence-corrected chi connectivity index (χ1v) is 19.2. The second-order valence-electron chi connectivity index (χ2n) is 13.5. The quantitative estimate of drug-likeness (QED) is 0.0562. The number of halogens is 1. The Balaban J connectivity index is 0.000000544. The summed E-state index contributed by atoms with van der Waals surface area (Å²) in [5.41, 5.74) is 4.62. The third-order valence-corrected chi connectivity index (χ3v) is 11.2. The second-order valence-corrected chi connectivity index (χ2v) is 14.7. The van der Waals surface area contributed by atoms with Crippen LogP contribution in [-0.2, 0) is 11.2 Å². The molecule has 2 aliphatic heterocycles. The molecule has 10 nitrogen and oxygen atoms in total. The predicted octanol–water partition coefficient (Wildman–Crippen LogP) is 7.71. The van der Waals surface area contributed by atoms with E-state index in [9.17, 15) is 14.0 Å². The fourth-order valence-electron chi connectivity index (χ4n) is 6.61. The van der Waals surface area contributed by atoms with Gasteiger partial charge < -0.3 is 30.7 Å². The summed E-state index contributed by atoms with van der Waals surface area (Å²) in [6.07, 6.45) is 10.2. The van der Waals surface area contributed by atoms with Gasteiger partial charge in [-0.1, -0.05) is 58.9 Å². The number of unbranched alkanes of at least 4 members (excludes halogenated alkanes) is 2. The Labute approximate surface area is 299 Å². The van der Waals surface area contributed by atoms with E-state index in [2.05, 4.69) is 52.2 Å². The van der Waals surface area contributed by atoms with Gasteiger partial charge in [0, 0.05) is 47.2 Å². The summed E-state index contributed by atoms with van der Waals surface area (Å²) in [4.78, 5) is 23.8. The zero-order chi connectivity index (χ0) is 35.5. The van der Waals surface area contributed by atoms with Gasteiger partial charge in [-0.2, -0.15) is 16.9 Å². The molecule has 4 unspecified atom stereocenters. The molecule has 12 heteroatoms. The number of rotatable bonds is 17. The Morgan fingerprint density at radius 1 is 1.12 bits per heavy atom. The van der Waals surface area contributed by atoms with Gasteiger partial charge in [-0.25, -0.2) is 9.18 Å². The number of hydrogen-bond acceptors (Lipinski definition) is 7. The van der Waals surface area contributed by atoms with Crippen LogP contribution < -0.4 is 30.7 Å². The van der Waals surface area contributed by atoms with Crippen LogP contribution in [-0.4, -0.2) is 65.5 Å². The van der Waals surface area contributed by atoms with Crippen molar-refractivity contribution in [3.63, 3.8) is 0 Å². The number of ether oxygens (including phenoxy) is 2. The molecular formula is C38H53FN6O4S. The highest BCUT2D eigenvalue weighted by atomic mass is 32.2. The molecule has 272 valence electrons. The monoisotopic (exact) mass is 708 g/mol. The molecule has 0 bridgehead atoms. The van der Waals surface area contributed by atoms with E-state index in [1.165, 1.54) is 37.8 Å². The van der Waals surface area contributed by atoms with Crippen molar-refractivity contribution in [2.24, 2.45) is 5.92 Å². The summed E-state index contributed by atoms with van der Waals surface area (Å²) in [6, 6.07) is 10.6. The van der Waals surface area contributed by atoms with Crippen LogP contribution in [0.3, 0.4) is 0 Å². The molecule has 1 aliphatic carbocycles. The first kappa shape index (κ1) is 37.3. The van der Waals surface area contributed by atoms with Gasteiger partial charge in [0.05, 0.1) is 31.5 Å². The fraction of sp³-hybridized carbons (Fsp3) is 0.553. The average Bonchev–Trinajstić information content (AvgIpc) is 3.87. The van der Waals surface area contributed by atoms with Gasteiger partial charge in [0.15, 0.2) is 17.3 Å². The van der Waals surface area contributed by atoms with Crippen molar-refractivity contribution in [2.75, 3.05) is 31.3 Å². The lowest BCUT2D eigenvalue weighted by atomic mass is 10.0. The van der Waals surface area contributed by atoms with Crippen molar-refractivity contribution in [1.29, 1.82) is 0 Å². The third kappa shape index (κ3) is 9.86. The molecule has 5 N–H and O–H groups in total. The number of aromatic amines is 1. The van der Waals surface area contributed by atoms with Crippen LogP contribution in [0, 0.1) is 11.7 Å². The van der Waals surface area contributed by atoms with E-state index in [-0.39, 0.29) is 29.8 Å². The number of H-pyrrole nitrogens is 1. The van der Waals surface area contributed by atoms with E-state index in [0.717, 1.165) is 53.3 Å². The number of carbonyl (C=O) groups is 2. The lowest BCUT2D eigenvalue weighted by molar-refractivity contribution is -0.121. The SMILES string of the molecule is CCCCC(C)CC.COc1cc2c(cc1OCCCNC(=O)CCCCC1SCC3NC(=O)NC31)-c1[nH]nc(Nc3cccc(F)c3)c1C2. The number of methoxy groups -OCH3 is 1. The second kappa shape index (κ2) is 18.3. The molecule has 4 atom stereocenters. The number of hydrogen-bond donors (Lipinski definition) is 5. The van der Waals surface area contributed by atoms with Crippen LogP contribution in [0.15, 0.2) is 36.4 Å². The van der Waals surface area contributed by atoms with Crippen LogP contribution in [0.2, 0.25) is 0 Å². The number of fused-ring (bicyclic) bond motifs is 4. The van der Waals surface area contributed by atoms with Gasteiger partial charge in [-0.15, -0.1) is 0 Å². The Morgan fingerprint density at radius 3 is 2.76 bits per heavy atom. The predicted molar refractivity (Wildman–Crippen MR) is 199 cm³/mol. The summed E-state index contributed by atoms with van der Waals surface area (Å²) < 4.78 is 25.3. The van der Waals surface area contributed by atoms with Crippen molar-refractivity contribution in [1.82, 2.24) is 26.1 Å². The van der Waals surface area contributed by atoms with Gasteiger partial charge in [-0.3, -0.25) is 9.89 Å². The van der Waals surface area contributed by atoms with Crippen molar-refractivity contribution in [3.8, 4) is 22.8 Å². The Bertz CT molecular complexity index is 1580. The van der Waals surface area contributed by atoms with Gasteiger partial charge >= 0.3 is 6.03 Å². The maximum Gasteiger partial charge on any atom is 0.315 e. The molecule has 3 heterocycles. The third-order valence-electron chi connectivity index (χ3n) is 9.71. The zero-order valence-corrected chi connectivity index (χ0v) is 30.6. The highest BCUT2D eigenvalue weighted by Gasteiger charge is 2.42. The molecule has 3 aliphatic rings. The van der Waals surface area contributed by atoms with Gasteiger partial charge in [0.2, 0.25) is 5.91 Å². The molecule has 1 aromatic heterocycles. The van der Waals surface area contributed by atoms with E-state index < -0.39 is 0 Å². The largest absolute Gasteiger partial charge is 0.493 e. The number of carbonyl (C=O) groups excluding carboxylic acids is 2. The Hall–Kier alpha value is -3.93. The molecule has 3 aromatic rings. The molecule has 0 saturated carbocycles. The van der Waals surface area contributed by atoms with Crippen LogP contribution in [0.1, 0.15) is 89.7 Å². The standard InChI is InChI=1S/C30H35FN6O4S.C8H18/c1-40-23-13-17-12-21-27(36-37-29(21)33-19-7-4-6-18(31)14-19)20(17)15-24(23)41-11-5-10-32-26(38)9-3-2-8-25-28-22(16-42-25)34-30(39)35-28;1-4-6-7-8(3)5-2/h4,6-7,13-15,22,25,28H,2-3,5,8-12,16H2,1H3,(H,32,38)(H2,33,36,37)(H2,34,35,39);8H,4-7H2,1-3H3. The number of anilines is 2. The minimum Gasteiger partial charge on any atom is -0.493 e. The van der Waals surface area contributed by atoms with Crippen molar-refractivity contribution in [2.45, 2.75) is 102 Å². The maximum atomic E-state index is 13.6. The lowest BCUT2D eigenvalue weighted by Gasteiger charge is -2.16. The Kier molecular flexibility index (Phi) is 13.7. The zero-order valence-electron chi connectivity index (χ0n) is 29.8. The van der Waals surface area contributed by atoms with E-state index in [1.807, 2.05) is 23.9 Å². The lowest BCUT2D eigenvalue weighted by Crippen LogP contribution is -2.36. The van der Waals surface area contributed by atoms with Crippen LogP contribution in [0.5, 0.6) is 11.5 Å². The normalized spacial score (nSPS) is 18.9. The summed E-state index contributed by atoms with van der Waals surface area (Å²) in [5.74, 6) is 3.58. The van der Waals surface area contributed by atoms with Crippen molar-refractivity contribution < 1.29 is 23.5 Å². The summed E-state index contributed by atoms with van der Waals surface area (Å²) >= 11 is 1.90. The number of thioether (sulfide) groups is 1. The summed E-state index contributed by atoms with van der Waals surface area (Å²) in [6.45, 7) is 7.81. The minimum atomic E-state index is -0.311. The number of aromatic nitrogens is 2. The number of amides is 3. The maximum absolute atomic E-state index is 13.6. The van der Waals surface area contributed by atoms with Crippen LogP contribution in [0.25, 0.3) is 11.3 Å². The van der Waals surface area contributed by atoms with Crippen LogP contribution in [0.4, 0.5) is 20.7 Å². The van der Waals surface area contributed by atoms with Crippen molar-refractivity contribution >= 4 is 35.2 Å². The highest BCUT2D eigenvalue weighted by molar-refractivity contribution is 8.00. The molecular weight excluding hydrogens is 656 g/mol. The van der Waals surface area contributed by atoms with E-state index in [4.69, 9.17) is 9.47 Å². The number of benzene rings is 2. The first-order chi connectivity index (χ1) is 24.3. The smallest absolute Gasteiger partial charge is 0.315 e. The van der Waals surface area contributed by atoms with Gasteiger partial charge in [0.25, 0.3) is 0 Å². The molecule has 2 fully saturated rings. The molecule has 2 aromatic carbocycles. The minimum absolute atomic E-state index is 0.0485. The molecule has 3 amide bonds. The van der Waals surface area contributed by atoms with Gasteiger partial charge in [-0.05, 0) is 61.1 Å². The molecule has 0 spiro atoms. The van der Waals surface area contributed by atoms with Gasteiger partial charge in [0.1, 0.15) is 5.82 Å². The molecule has 50 heavy (non-hydrogen) atoms. The number of nitrogens with zero attached hydrogens (tertiary/aromatic N) is 1. The van der Waals surface area contributed by atoms with E-state index >= 15 is 0 Å². The number of nitrogens with one attached hydrogen (secondary N) is 5. The molecule has 0 radical (unpaired) electrons. The molecule has 6 rings (SSSR count). The van der Waals surface area contributed by atoms with Crippen LogP contribution >= 0.6 is 11.8 Å². The fourth-order valence-corrected chi connectivity index (χ4v) is 8.16. The topological polar surface area (TPSA) is 129 Å². The van der Waals surface area contributed by atoms with Crippen molar-refractivity contribution in [3.05, 3.63) is 53.3 Å². The summed E-state index contributed by atoms with van der Waals surface area (Å²) in [7, 11) is 1.62. The molecule has 2 saturated heterocycles.